The fourth-order valence-electron chi connectivity index (χ4n) is 2.89. The van der Waals surface area contributed by atoms with Gasteiger partial charge in [-0.05, 0) is 43.3 Å². The number of carbonyl (C=O) groups excluding carboxylic acids is 2. The number of carbonyl (C=O) groups is 2. The molecule has 4 rings (SSSR count). The fourth-order valence-corrected chi connectivity index (χ4v) is 3.73. The van der Waals surface area contributed by atoms with Crippen molar-refractivity contribution in [3.63, 3.8) is 0 Å². The normalized spacial score (nSPS) is 11.9. The summed E-state index contributed by atoms with van der Waals surface area (Å²) in [7, 11) is 0. The van der Waals surface area contributed by atoms with Crippen molar-refractivity contribution in [1.29, 1.82) is 0 Å². The second-order valence-electron chi connectivity index (χ2n) is 6.68. The van der Waals surface area contributed by atoms with Crippen LogP contribution in [0.5, 0.6) is 0 Å². The van der Waals surface area contributed by atoms with Gasteiger partial charge in [-0.2, -0.15) is 0 Å². The molecule has 0 aliphatic carbocycles. The number of furan rings is 1. The molecule has 0 radical (unpaired) electrons. The smallest absolute Gasteiger partial charge is 0.392 e. The molecule has 1 heterocycles. The quantitative estimate of drug-likeness (QED) is 0.316. The van der Waals surface area contributed by atoms with Crippen molar-refractivity contribution in [1.82, 2.24) is 5.48 Å². The highest BCUT2D eigenvalue weighted by atomic mass is 32.2. The molecular formula is C24H19NO4S. The van der Waals surface area contributed by atoms with Crippen LogP contribution in [0.3, 0.4) is 0 Å². The summed E-state index contributed by atoms with van der Waals surface area (Å²) >= 11 is 1.62. The van der Waals surface area contributed by atoms with Crippen molar-refractivity contribution in [2.45, 2.75) is 22.8 Å². The van der Waals surface area contributed by atoms with Gasteiger partial charge in [0.15, 0.2) is 5.78 Å². The highest BCUT2D eigenvalue weighted by Gasteiger charge is 2.19. The molecule has 0 saturated heterocycles. The van der Waals surface area contributed by atoms with E-state index in [1.165, 1.54) is 0 Å². The van der Waals surface area contributed by atoms with E-state index in [1.54, 1.807) is 43.0 Å². The van der Waals surface area contributed by atoms with Gasteiger partial charge in [-0.3, -0.25) is 4.79 Å². The van der Waals surface area contributed by atoms with E-state index in [4.69, 9.17) is 9.25 Å². The zero-order valence-electron chi connectivity index (χ0n) is 16.2. The van der Waals surface area contributed by atoms with Crippen molar-refractivity contribution in [2.75, 3.05) is 0 Å². The number of hydroxylamine groups is 1. The molecule has 30 heavy (non-hydrogen) atoms. The second-order valence-corrected chi connectivity index (χ2v) is 7.83. The first-order valence-corrected chi connectivity index (χ1v) is 10.2. The van der Waals surface area contributed by atoms with Crippen LogP contribution >= 0.6 is 11.8 Å². The maximum atomic E-state index is 12.6. The Morgan fingerprint density at radius 2 is 1.57 bits per heavy atom. The number of ketones is 1. The van der Waals surface area contributed by atoms with Gasteiger partial charge >= 0.3 is 5.97 Å². The first kappa shape index (κ1) is 19.9. The van der Waals surface area contributed by atoms with Gasteiger partial charge in [0.1, 0.15) is 11.6 Å². The van der Waals surface area contributed by atoms with E-state index in [2.05, 4.69) is 5.48 Å². The second kappa shape index (κ2) is 8.98. The number of benzene rings is 3. The molecule has 0 aliphatic heterocycles. The Bertz CT molecular complexity index is 1140. The van der Waals surface area contributed by atoms with Crippen LogP contribution in [0.1, 0.15) is 27.8 Å². The molecule has 0 fully saturated rings. The molecule has 1 unspecified atom stereocenters. The van der Waals surface area contributed by atoms with E-state index in [0.29, 0.717) is 11.1 Å². The van der Waals surface area contributed by atoms with Gasteiger partial charge in [0.2, 0.25) is 5.76 Å². The molecule has 1 N–H and O–H groups in total. The lowest BCUT2D eigenvalue weighted by Gasteiger charge is -2.12. The van der Waals surface area contributed by atoms with Gasteiger partial charge in [-0.25, -0.2) is 4.79 Å². The topological polar surface area (TPSA) is 68.5 Å². The van der Waals surface area contributed by atoms with E-state index in [0.717, 1.165) is 15.2 Å². The Morgan fingerprint density at radius 3 is 2.30 bits per heavy atom. The summed E-state index contributed by atoms with van der Waals surface area (Å²) in [5, 5.41) is 0.807. The van der Waals surface area contributed by atoms with Crippen molar-refractivity contribution >= 4 is 34.5 Å². The molecule has 1 aromatic heterocycles. The molecule has 1 atom stereocenters. The molecule has 0 amide bonds. The van der Waals surface area contributed by atoms with Crippen LogP contribution < -0.4 is 5.48 Å². The van der Waals surface area contributed by atoms with Crippen LogP contribution in [0, 0.1) is 0 Å². The monoisotopic (exact) mass is 417 g/mol. The number of nitrogens with one attached hydrogen (secondary N) is 1. The summed E-state index contributed by atoms with van der Waals surface area (Å²) in [4.78, 5) is 32.0. The van der Waals surface area contributed by atoms with Crippen LogP contribution in [-0.4, -0.2) is 17.8 Å². The summed E-state index contributed by atoms with van der Waals surface area (Å²) in [5.74, 6) is -0.783. The van der Waals surface area contributed by atoms with Crippen LogP contribution in [-0.2, 0) is 4.84 Å². The number of Topliss-reactive ketones (excluding diaryl/α,β-unsaturated/α-hetero) is 1. The molecule has 150 valence electrons. The minimum Gasteiger partial charge on any atom is -0.449 e. The summed E-state index contributed by atoms with van der Waals surface area (Å²) in [6.45, 7) is 1.64. The summed E-state index contributed by atoms with van der Waals surface area (Å²) in [6.07, 6.45) is 0. The van der Waals surface area contributed by atoms with Crippen molar-refractivity contribution in [3.8, 4) is 0 Å². The minimum absolute atomic E-state index is 0.0747. The van der Waals surface area contributed by atoms with Crippen molar-refractivity contribution in [3.05, 3.63) is 96.3 Å². The van der Waals surface area contributed by atoms with Gasteiger partial charge in [0, 0.05) is 20.7 Å². The highest BCUT2D eigenvalue weighted by Crippen LogP contribution is 2.27. The predicted molar refractivity (Wildman–Crippen MR) is 116 cm³/mol. The molecule has 6 heteroatoms. The van der Waals surface area contributed by atoms with Crippen molar-refractivity contribution < 1.29 is 18.8 Å². The number of hydrogen-bond donors (Lipinski definition) is 1. The Kier molecular flexibility index (Phi) is 5.97. The van der Waals surface area contributed by atoms with Crippen molar-refractivity contribution in [2.24, 2.45) is 0 Å². The SMILES string of the molecule is CC(NOC(=O)c1cc2ccccc2o1)C(=O)c1ccc(Sc2ccccc2)cc1. The van der Waals surface area contributed by atoms with Gasteiger partial charge in [-0.1, -0.05) is 60.3 Å². The number of fused-ring (bicyclic) bond motifs is 1. The van der Waals surface area contributed by atoms with Gasteiger partial charge in [-0.15, -0.1) is 5.48 Å². The summed E-state index contributed by atoms with van der Waals surface area (Å²) in [6, 6.07) is 25.6. The maximum absolute atomic E-state index is 12.6. The molecule has 5 nitrogen and oxygen atoms in total. The first-order chi connectivity index (χ1) is 14.6. The third kappa shape index (κ3) is 4.62. The lowest BCUT2D eigenvalue weighted by Crippen LogP contribution is -2.35. The van der Waals surface area contributed by atoms with E-state index in [-0.39, 0.29) is 11.5 Å². The lowest BCUT2D eigenvalue weighted by atomic mass is 10.1. The molecule has 0 spiro atoms. The van der Waals surface area contributed by atoms with Crippen LogP contribution in [0.4, 0.5) is 0 Å². The third-order valence-corrected chi connectivity index (χ3v) is 5.48. The molecule has 0 saturated carbocycles. The average molecular weight is 417 g/mol. The largest absolute Gasteiger partial charge is 0.449 e. The zero-order valence-corrected chi connectivity index (χ0v) is 17.0. The van der Waals surface area contributed by atoms with Crippen LogP contribution in [0.25, 0.3) is 11.0 Å². The maximum Gasteiger partial charge on any atom is 0.392 e. The minimum atomic E-state index is -0.703. The zero-order chi connectivity index (χ0) is 20.9. The van der Waals surface area contributed by atoms with Gasteiger partial charge < -0.3 is 9.25 Å². The lowest BCUT2D eigenvalue weighted by molar-refractivity contribution is 0.0148. The van der Waals surface area contributed by atoms with Crippen LogP contribution in [0.15, 0.2) is 99.1 Å². The molecule has 3 aromatic carbocycles. The van der Waals surface area contributed by atoms with Gasteiger partial charge in [0.05, 0.1) is 0 Å². The molecular weight excluding hydrogens is 398 g/mol. The standard InChI is InChI=1S/C24H19NO4S/c1-16(25-29-24(27)22-15-18-7-5-6-10-21(18)28-22)23(26)17-11-13-20(14-12-17)30-19-8-3-2-4-9-19/h2-16,25H,1H3. The Morgan fingerprint density at radius 1 is 0.900 bits per heavy atom. The van der Waals surface area contributed by atoms with E-state index >= 15 is 0 Å². The number of hydrogen-bond acceptors (Lipinski definition) is 6. The Hall–Kier alpha value is -3.35. The first-order valence-electron chi connectivity index (χ1n) is 9.42. The van der Waals surface area contributed by atoms with Crippen LogP contribution in [0.2, 0.25) is 0 Å². The average Bonchev–Trinajstić information content (AvgIpc) is 3.22. The van der Waals surface area contributed by atoms with E-state index in [9.17, 15) is 9.59 Å². The van der Waals surface area contributed by atoms with E-state index in [1.807, 2.05) is 60.7 Å². The van der Waals surface area contributed by atoms with Gasteiger partial charge in [0.25, 0.3) is 0 Å². The number of rotatable bonds is 7. The van der Waals surface area contributed by atoms with E-state index < -0.39 is 12.0 Å². The molecule has 4 aromatic rings. The Labute approximate surface area is 178 Å². The summed E-state index contributed by atoms with van der Waals surface area (Å²) in [5.41, 5.74) is 3.65. The predicted octanol–water partition coefficient (Wildman–Crippen LogP) is 5.52. The Balaban J connectivity index is 1.34. The third-order valence-electron chi connectivity index (χ3n) is 4.47. The fraction of sp³-hybridized carbons (Fsp3) is 0.0833. The molecule has 0 bridgehead atoms. The highest BCUT2D eigenvalue weighted by molar-refractivity contribution is 7.99. The number of para-hydroxylation sites is 1. The molecule has 0 aliphatic rings. The summed E-state index contributed by atoms with van der Waals surface area (Å²) < 4.78 is 5.47.